The molecule has 0 amide bonds. The van der Waals surface area contributed by atoms with E-state index in [1.165, 1.54) is 5.56 Å². The van der Waals surface area contributed by atoms with Crippen molar-refractivity contribution in [1.29, 1.82) is 0 Å². The molecule has 3 nitrogen and oxygen atoms in total. The smallest absolute Gasteiger partial charge is 0.157 e. The van der Waals surface area contributed by atoms with E-state index in [0.717, 1.165) is 13.1 Å². The number of rotatable bonds is 1. The normalized spacial score (nSPS) is 10.5. The fourth-order valence-electron chi connectivity index (χ4n) is 1.18. The van der Waals surface area contributed by atoms with Crippen molar-refractivity contribution in [3.05, 3.63) is 37.2 Å². The van der Waals surface area contributed by atoms with Crippen LogP contribution in [0.15, 0.2) is 24.3 Å². The number of nitrogens with zero attached hydrogens (tertiary/aromatic N) is 3. The minimum atomic E-state index is 0.935. The predicted octanol–water partition coefficient (Wildman–Crippen LogP) is 2.78. The van der Waals surface area contributed by atoms with Gasteiger partial charge in [-0.25, -0.2) is 4.68 Å². The van der Waals surface area contributed by atoms with Gasteiger partial charge in [0, 0.05) is 0 Å². The quantitative estimate of drug-likeness (QED) is 0.677. The van der Waals surface area contributed by atoms with Gasteiger partial charge in [0.2, 0.25) is 0 Å². The summed E-state index contributed by atoms with van der Waals surface area (Å²) in [6.07, 6.45) is 0. The molecule has 0 spiro atoms. The van der Waals surface area contributed by atoms with Crippen LogP contribution in [0, 0.1) is 14.3 Å². The minimum Gasteiger partial charge on any atom is -0.206 e. The van der Waals surface area contributed by atoms with Gasteiger partial charge in [-0.2, -0.15) is 0 Å². The number of halogens is 2. The largest absolute Gasteiger partial charge is 0.206 e. The molecule has 0 atom stereocenters. The van der Waals surface area contributed by atoms with Crippen LogP contribution in [-0.4, -0.2) is 15.0 Å². The standard InChI is InChI=1S/C9H7I2N3/c1-6-3-2-4-7(5-6)14-9(11)8(10)12-13-14/h2-5H,1H3. The zero-order valence-corrected chi connectivity index (χ0v) is 11.7. The van der Waals surface area contributed by atoms with E-state index >= 15 is 0 Å². The lowest BCUT2D eigenvalue weighted by Crippen LogP contribution is -1.99. The second-order valence-corrected chi connectivity index (χ2v) is 4.97. The molecule has 0 aliphatic heterocycles. The Labute approximate surface area is 109 Å². The van der Waals surface area contributed by atoms with Crippen LogP contribution in [0.25, 0.3) is 5.69 Å². The molecule has 5 heteroatoms. The van der Waals surface area contributed by atoms with Crippen LogP contribution in [0.4, 0.5) is 0 Å². The van der Waals surface area contributed by atoms with Crippen LogP contribution < -0.4 is 0 Å². The number of aromatic nitrogens is 3. The minimum absolute atomic E-state index is 0.935. The molecule has 1 aromatic heterocycles. The molecular formula is C9H7I2N3. The fraction of sp³-hybridized carbons (Fsp3) is 0.111. The summed E-state index contributed by atoms with van der Waals surface area (Å²) in [5.74, 6) is 0. The molecule has 0 fully saturated rings. The van der Waals surface area contributed by atoms with E-state index in [0.29, 0.717) is 0 Å². The van der Waals surface area contributed by atoms with Gasteiger partial charge < -0.3 is 0 Å². The Kier molecular flexibility index (Phi) is 3.05. The highest BCUT2D eigenvalue weighted by Crippen LogP contribution is 2.16. The van der Waals surface area contributed by atoms with Crippen molar-refractivity contribution in [3.63, 3.8) is 0 Å². The Balaban J connectivity index is 2.55. The summed E-state index contributed by atoms with van der Waals surface area (Å²) in [6, 6.07) is 8.21. The van der Waals surface area contributed by atoms with Gasteiger partial charge in [0.1, 0.15) is 3.70 Å². The van der Waals surface area contributed by atoms with Gasteiger partial charge in [-0.05, 0) is 69.8 Å². The molecule has 0 saturated heterocycles. The first-order chi connectivity index (χ1) is 6.68. The Bertz CT molecular complexity index is 465. The summed E-state index contributed by atoms with van der Waals surface area (Å²) in [6.45, 7) is 2.07. The van der Waals surface area contributed by atoms with E-state index in [-0.39, 0.29) is 0 Å². The van der Waals surface area contributed by atoms with Crippen molar-refractivity contribution in [2.24, 2.45) is 0 Å². The molecule has 0 aliphatic carbocycles. The second-order valence-electron chi connectivity index (χ2n) is 2.92. The van der Waals surface area contributed by atoms with E-state index in [1.54, 1.807) is 0 Å². The third kappa shape index (κ3) is 1.92. The topological polar surface area (TPSA) is 30.7 Å². The van der Waals surface area contributed by atoms with Gasteiger partial charge in [-0.1, -0.05) is 17.3 Å². The van der Waals surface area contributed by atoms with Crippen LogP contribution >= 0.6 is 45.2 Å². The van der Waals surface area contributed by atoms with Crippen molar-refractivity contribution in [1.82, 2.24) is 15.0 Å². The summed E-state index contributed by atoms with van der Waals surface area (Å²) >= 11 is 4.42. The zero-order valence-electron chi connectivity index (χ0n) is 7.41. The molecule has 0 unspecified atom stereocenters. The van der Waals surface area contributed by atoms with Crippen molar-refractivity contribution in [2.45, 2.75) is 6.92 Å². The van der Waals surface area contributed by atoms with E-state index in [1.807, 2.05) is 16.8 Å². The van der Waals surface area contributed by atoms with Crippen LogP contribution in [0.1, 0.15) is 5.56 Å². The second kappa shape index (κ2) is 4.13. The van der Waals surface area contributed by atoms with Gasteiger partial charge in [0.05, 0.1) is 5.69 Å². The summed E-state index contributed by atoms with van der Waals surface area (Å²) in [4.78, 5) is 0. The highest BCUT2D eigenvalue weighted by molar-refractivity contribution is 14.1. The number of aryl methyl sites for hydroxylation is 1. The molecule has 72 valence electrons. The fourth-order valence-corrected chi connectivity index (χ4v) is 1.98. The van der Waals surface area contributed by atoms with E-state index in [9.17, 15) is 0 Å². The average Bonchev–Trinajstić information content (AvgIpc) is 2.48. The van der Waals surface area contributed by atoms with Gasteiger partial charge in [-0.15, -0.1) is 5.10 Å². The number of benzene rings is 1. The highest BCUT2D eigenvalue weighted by Gasteiger charge is 2.08. The zero-order chi connectivity index (χ0) is 10.1. The van der Waals surface area contributed by atoms with Crippen molar-refractivity contribution >= 4 is 45.2 Å². The Morgan fingerprint density at radius 2 is 2.07 bits per heavy atom. The maximum Gasteiger partial charge on any atom is 0.157 e. The van der Waals surface area contributed by atoms with Crippen molar-refractivity contribution < 1.29 is 0 Å². The number of hydrogen-bond donors (Lipinski definition) is 0. The maximum atomic E-state index is 4.08. The molecule has 0 bridgehead atoms. The molecule has 0 N–H and O–H groups in total. The Morgan fingerprint density at radius 1 is 1.29 bits per heavy atom. The molecular weight excluding hydrogens is 404 g/mol. The summed E-state index contributed by atoms with van der Waals surface area (Å²) < 4.78 is 3.83. The Morgan fingerprint density at radius 3 is 2.64 bits per heavy atom. The van der Waals surface area contributed by atoms with Crippen LogP contribution in [0.3, 0.4) is 0 Å². The van der Waals surface area contributed by atoms with E-state index in [4.69, 9.17) is 0 Å². The molecule has 14 heavy (non-hydrogen) atoms. The van der Waals surface area contributed by atoms with Gasteiger partial charge >= 0.3 is 0 Å². The first-order valence-electron chi connectivity index (χ1n) is 4.02. The predicted molar refractivity (Wildman–Crippen MR) is 71.5 cm³/mol. The lowest BCUT2D eigenvalue weighted by Gasteiger charge is -2.02. The van der Waals surface area contributed by atoms with Crippen molar-refractivity contribution in [3.8, 4) is 5.69 Å². The first kappa shape index (κ1) is 10.3. The molecule has 1 heterocycles. The highest BCUT2D eigenvalue weighted by atomic mass is 127. The Hall–Kier alpha value is -0.180. The summed E-state index contributed by atoms with van der Waals surface area (Å²) in [7, 11) is 0. The van der Waals surface area contributed by atoms with Gasteiger partial charge in [-0.3, -0.25) is 0 Å². The SMILES string of the molecule is Cc1cccc(-n2nnc(I)c2I)c1. The lowest BCUT2D eigenvalue weighted by atomic mass is 10.2. The monoisotopic (exact) mass is 411 g/mol. The molecule has 2 rings (SSSR count). The molecule has 1 aromatic carbocycles. The third-order valence-electron chi connectivity index (χ3n) is 1.82. The van der Waals surface area contributed by atoms with Gasteiger partial charge in [0.15, 0.2) is 3.70 Å². The molecule has 2 aromatic rings. The number of hydrogen-bond acceptors (Lipinski definition) is 2. The van der Waals surface area contributed by atoms with Crippen LogP contribution in [0.2, 0.25) is 0 Å². The average molecular weight is 411 g/mol. The molecule has 0 radical (unpaired) electrons. The first-order valence-corrected chi connectivity index (χ1v) is 6.18. The van der Waals surface area contributed by atoms with Crippen LogP contribution in [0.5, 0.6) is 0 Å². The molecule has 0 saturated carbocycles. The van der Waals surface area contributed by atoms with Crippen LogP contribution in [-0.2, 0) is 0 Å². The maximum absolute atomic E-state index is 4.08. The molecule has 0 aliphatic rings. The van der Waals surface area contributed by atoms with Crippen molar-refractivity contribution in [2.75, 3.05) is 0 Å². The van der Waals surface area contributed by atoms with E-state index < -0.39 is 0 Å². The summed E-state index contributed by atoms with van der Waals surface area (Å²) in [5.41, 5.74) is 2.29. The summed E-state index contributed by atoms with van der Waals surface area (Å²) in [5, 5.41) is 8.09. The van der Waals surface area contributed by atoms with Gasteiger partial charge in [0.25, 0.3) is 0 Å². The lowest BCUT2D eigenvalue weighted by molar-refractivity contribution is 0.789. The van der Waals surface area contributed by atoms with E-state index in [2.05, 4.69) is 74.6 Å². The third-order valence-corrected chi connectivity index (χ3v) is 4.55.